The summed E-state index contributed by atoms with van der Waals surface area (Å²) in [6, 6.07) is 21.4. The number of carbonyl (C=O) groups is 1. The van der Waals surface area contributed by atoms with Crippen molar-refractivity contribution >= 4 is 6.09 Å². The fourth-order valence-corrected chi connectivity index (χ4v) is 4.50. The Kier molecular flexibility index (Phi) is 6.85. The number of allylic oxidation sites excluding steroid dienone is 1. The Labute approximate surface area is 180 Å². The molecular formula is C26H32N2O2. The van der Waals surface area contributed by atoms with Gasteiger partial charge in [0.15, 0.2) is 0 Å². The SMILES string of the molecule is CN(C(=O)OCc1ccccc1)C1CCN(C(Cc2ccccc2)C2=CCC2)CC1. The molecule has 4 rings (SSSR count). The molecule has 0 saturated carbocycles. The lowest BCUT2D eigenvalue weighted by Gasteiger charge is -2.42. The summed E-state index contributed by atoms with van der Waals surface area (Å²) < 4.78 is 5.53. The summed E-state index contributed by atoms with van der Waals surface area (Å²) in [4.78, 5) is 16.9. The van der Waals surface area contributed by atoms with Crippen molar-refractivity contribution in [3.8, 4) is 0 Å². The van der Waals surface area contributed by atoms with E-state index < -0.39 is 0 Å². The van der Waals surface area contributed by atoms with Crippen LogP contribution in [0.1, 0.15) is 36.8 Å². The molecule has 1 aliphatic carbocycles. The highest BCUT2D eigenvalue weighted by Gasteiger charge is 2.31. The number of hydrogen-bond acceptors (Lipinski definition) is 3. The Hall–Kier alpha value is -2.59. The zero-order chi connectivity index (χ0) is 20.8. The van der Waals surface area contributed by atoms with E-state index >= 15 is 0 Å². The van der Waals surface area contributed by atoms with Gasteiger partial charge in [0.25, 0.3) is 0 Å². The molecule has 0 N–H and O–H groups in total. The monoisotopic (exact) mass is 404 g/mol. The smallest absolute Gasteiger partial charge is 0.410 e. The van der Waals surface area contributed by atoms with Crippen LogP contribution in [0.4, 0.5) is 4.79 Å². The van der Waals surface area contributed by atoms with Gasteiger partial charge in [-0.25, -0.2) is 4.79 Å². The average Bonchev–Trinajstić information content (AvgIpc) is 2.77. The lowest BCUT2D eigenvalue weighted by Crippen LogP contribution is -2.50. The van der Waals surface area contributed by atoms with Crippen LogP contribution in [0.5, 0.6) is 0 Å². The molecule has 2 aromatic rings. The van der Waals surface area contributed by atoms with E-state index in [1.165, 1.54) is 18.4 Å². The number of carbonyl (C=O) groups excluding carboxylic acids is 1. The molecule has 1 unspecified atom stereocenters. The Morgan fingerprint density at radius 1 is 1.03 bits per heavy atom. The minimum atomic E-state index is -0.222. The van der Waals surface area contributed by atoms with E-state index in [1.54, 1.807) is 10.5 Å². The lowest BCUT2D eigenvalue weighted by atomic mass is 9.86. The van der Waals surface area contributed by atoms with Crippen LogP contribution in [0.3, 0.4) is 0 Å². The third kappa shape index (κ3) is 5.11. The second-order valence-corrected chi connectivity index (χ2v) is 8.44. The summed E-state index contributed by atoms with van der Waals surface area (Å²) in [6.45, 7) is 2.38. The van der Waals surface area contributed by atoms with E-state index in [0.717, 1.165) is 37.9 Å². The fourth-order valence-electron chi connectivity index (χ4n) is 4.50. The van der Waals surface area contributed by atoms with E-state index in [1.807, 2.05) is 37.4 Å². The number of nitrogens with zero attached hydrogens (tertiary/aromatic N) is 2. The zero-order valence-electron chi connectivity index (χ0n) is 17.9. The average molecular weight is 405 g/mol. The van der Waals surface area contributed by atoms with Gasteiger partial charge in [-0.15, -0.1) is 0 Å². The summed E-state index contributed by atoms with van der Waals surface area (Å²) in [5.41, 5.74) is 4.01. The Morgan fingerprint density at radius 3 is 2.20 bits per heavy atom. The van der Waals surface area contributed by atoms with Crippen LogP contribution < -0.4 is 0 Å². The summed E-state index contributed by atoms with van der Waals surface area (Å²) in [6.07, 6.45) is 7.69. The van der Waals surface area contributed by atoms with Crippen LogP contribution in [-0.4, -0.2) is 48.1 Å². The van der Waals surface area contributed by atoms with Gasteiger partial charge in [-0.05, 0) is 43.2 Å². The van der Waals surface area contributed by atoms with Gasteiger partial charge < -0.3 is 9.64 Å². The van der Waals surface area contributed by atoms with Crippen LogP contribution in [0, 0.1) is 0 Å². The van der Waals surface area contributed by atoms with Crippen LogP contribution >= 0.6 is 0 Å². The van der Waals surface area contributed by atoms with E-state index in [2.05, 4.69) is 41.3 Å². The predicted octanol–water partition coefficient (Wildman–Crippen LogP) is 5.05. The maximum Gasteiger partial charge on any atom is 0.410 e. The van der Waals surface area contributed by atoms with Crippen molar-refractivity contribution in [2.45, 2.75) is 50.8 Å². The fraction of sp³-hybridized carbons (Fsp3) is 0.423. The van der Waals surface area contributed by atoms with Crippen LogP contribution in [-0.2, 0) is 17.8 Å². The molecule has 0 aromatic heterocycles. The summed E-state index contributed by atoms with van der Waals surface area (Å²) in [7, 11) is 1.88. The van der Waals surface area contributed by atoms with Crippen LogP contribution in [0.15, 0.2) is 72.3 Å². The first-order chi connectivity index (χ1) is 14.7. The molecule has 1 heterocycles. The third-order valence-corrected chi connectivity index (χ3v) is 6.52. The summed E-state index contributed by atoms with van der Waals surface area (Å²) in [5.74, 6) is 0. The minimum Gasteiger partial charge on any atom is -0.445 e. The molecule has 1 amide bonds. The van der Waals surface area contributed by atoms with Crippen molar-refractivity contribution < 1.29 is 9.53 Å². The van der Waals surface area contributed by atoms with Gasteiger partial charge in [0, 0.05) is 32.2 Å². The molecule has 1 saturated heterocycles. The van der Waals surface area contributed by atoms with Crippen molar-refractivity contribution in [3.63, 3.8) is 0 Å². The number of amides is 1. The van der Waals surface area contributed by atoms with Crippen LogP contribution in [0.2, 0.25) is 0 Å². The molecule has 2 aromatic carbocycles. The van der Waals surface area contributed by atoms with Gasteiger partial charge in [-0.2, -0.15) is 0 Å². The van der Waals surface area contributed by atoms with Crippen molar-refractivity contribution in [2.75, 3.05) is 20.1 Å². The largest absolute Gasteiger partial charge is 0.445 e. The van der Waals surface area contributed by atoms with E-state index in [4.69, 9.17) is 4.74 Å². The van der Waals surface area contributed by atoms with Crippen molar-refractivity contribution in [3.05, 3.63) is 83.4 Å². The number of hydrogen-bond donors (Lipinski definition) is 0. The van der Waals surface area contributed by atoms with Crippen molar-refractivity contribution in [2.24, 2.45) is 0 Å². The Balaban J connectivity index is 1.30. The van der Waals surface area contributed by atoms with E-state index in [0.29, 0.717) is 12.6 Å². The number of piperidine rings is 1. The second-order valence-electron chi connectivity index (χ2n) is 8.44. The van der Waals surface area contributed by atoms with Gasteiger partial charge >= 0.3 is 6.09 Å². The molecule has 30 heavy (non-hydrogen) atoms. The number of benzene rings is 2. The molecule has 2 aliphatic rings. The normalized spacial score (nSPS) is 18.2. The first-order valence-corrected chi connectivity index (χ1v) is 11.1. The highest BCUT2D eigenvalue weighted by atomic mass is 16.6. The molecule has 4 heteroatoms. The zero-order valence-corrected chi connectivity index (χ0v) is 17.9. The quantitative estimate of drug-likeness (QED) is 0.605. The molecule has 1 atom stereocenters. The molecule has 0 bridgehead atoms. The molecule has 0 spiro atoms. The standard InChI is InChI=1S/C26H32N2O2/c1-27(26(29)30-20-22-11-6-3-7-12-22)24-15-17-28(18-16-24)25(23-13-8-14-23)19-21-9-4-2-5-10-21/h2-7,9-13,24-25H,8,14-20H2,1H3. The molecule has 4 nitrogen and oxygen atoms in total. The highest BCUT2D eigenvalue weighted by Crippen LogP contribution is 2.30. The minimum absolute atomic E-state index is 0.222. The van der Waals surface area contributed by atoms with Gasteiger partial charge in [0.05, 0.1) is 0 Å². The molecule has 0 radical (unpaired) electrons. The van der Waals surface area contributed by atoms with E-state index in [-0.39, 0.29) is 12.1 Å². The second kappa shape index (κ2) is 9.94. The van der Waals surface area contributed by atoms with Gasteiger partial charge in [-0.1, -0.05) is 72.3 Å². The first-order valence-electron chi connectivity index (χ1n) is 11.1. The molecule has 1 aliphatic heterocycles. The Bertz CT molecular complexity index is 842. The van der Waals surface area contributed by atoms with Crippen molar-refractivity contribution in [1.29, 1.82) is 0 Å². The van der Waals surface area contributed by atoms with Crippen LogP contribution in [0.25, 0.3) is 0 Å². The molecule has 158 valence electrons. The van der Waals surface area contributed by atoms with Gasteiger partial charge in [0.2, 0.25) is 0 Å². The summed E-state index contributed by atoms with van der Waals surface area (Å²) >= 11 is 0. The van der Waals surface area contributed by atoms with Gasteiger partial charge in [-0.3, -0.25) is 4.90 Å². The van der Waals surface area contributed by atoms with Crippen molar-refractivity contribution in [1.82, 2.24) is 9.80 Å². The summed E-state index contributed by atoms with van der Waals surface area (Å²) in [5, 5.41) is 0. The maximum absolute atomic E-state index is 12.5. The maximum atomic E-state index is 12.5. The molecule has 1 fully saturated rings. The number of ether oxygens (including phenoxy) is 1. The van der Waals surface area contributed by atoms with Gasteiger partial charge in [0.1, 0.15) is 6.61 Å². The lowest BCUT2D eigenvalue weighted by molar-refractivity contribution is 0.0664. The highest BCUT2D eigenvalue weighted by molar-refractivity contribution is 5.67. The number of likely N-dealkylation sites (tertiary alicyclic amines) is 1. The topological polar surface area (TPSA) is 32.8 Å². The van der Waals surface area contributed by atoms with E-state index in [9.17, 15) is 4.79 Å². The third-order valence-electron chi connectivity index (χ3n) is 6.52. The number of rotatable bonds is 7. The first kappa shape index (κ1) is 20.7. The Morgan fingerprint density at radius 2 is 1.63 bits per heavy atom. The predicted molar refractivity (Wildman–Crippen MR) is 120 cm³/mol. The molecular weight excluding hydrogens is 372 g/mol.